The van der Waals surface area contributed by atoms with Crippen LogP contribution in [-0.4, -0.2) is 89.5 Å². The molecule has 2 aliphatic rings. The second-order valence-electron chi connectivity index (χ2n) is 7.17. The molecule has 0 bridgehead atoms. The first-order chi connectivity index (χ1) is 10.9. The van der Waals surface area contributed by atoms with Crippen LogP contribution in [0.15, 0.2) is 4.99 Å². The summed E-state index contributed by atoms with van der Waals surface area (Å²) in [4.78, 5) is 9.25. The van der Waals surface area contributed by atoms with Gasteiger partial charge in [-0.25, -0.2) is 0 Å². The third-order valence-corrected chi connectivity index (χ3v) is 6.43. The van der Waals surface area contributed by atoms with Crippen LogP contribution in [-0.2, 0) is 15.5 Å². The van der Waals surface area contributed by atoms with E-state index < -0.39 is 10.8 Å². The van der Waals surface area contributed by atoms with Gasteiger partial charge in [0.15, 0.2) is 5.96 Å². The van der Waals surface area contributed by atoms with Crippen LogP contribution in [0.1, 0.15) is 27.2 Å². The van der Waals surface area contributed by atoms with Gasteiger partial charge in [-0.3, -0.25) is 14.1 Å². The van der Waals surface area contributed by atoms with E-state index in [0.29, 0.717) is 18.3 Å². The Kier molecular flexibility index (Phi) is 6.85. The number of nitrogens with one attached hydrogen (secondary N) is 1. The van der Waals surface area contributed by atoms with Gasteiger partial charge in [0.25, 0.3) is 0 Å². The van der Waals surface area contributed by atoms with E-state index in [1.54, 1.807) is 0 Å². The van der Waals surface area contributed by atoms with Crippen molar-refractivity contribution in [2.45, 2.75) is 38.0 Å². The lowest BCUT2D eigenvalue weighted by Gasteiger charge is -2.32. The van der Waals surface area contributed by atoms with E-state index in [0.717, 1.165) is 45.4 Å². The van der Waals surface area contributed by atoms with Crippen LogP contribution in [0.4, 0.5) is 0 Å². The van der Waals surface area contributed by atoms with Gasteiger partial charge in [-0.2, -0.15) is 0 Å². The minimum Gasteiger partial charge on any atom is -0.379 e. The SMILES string of the molecule is CN=C(NCCS(=O)C(C)(C)C)N1CCC(N2CCOCC2)C1. The minimum absolute atomic E-state index is 0.153. The van der Waals surface area contributed by atoms with E-state index in [2.05, 4.69) is 20.1 Å². The van der Waals surface area contributed by atoms with Crippen LogP contribution in [0.25, 0.3) is 0 Å². The van der Waals surface area contributed by atoms with Crippen molar-refractivity contribution >= 4 is 16.8 Å². The molecule has 1 N–H and O–H groups in total. The summed E-state index contributed by atoms with van der Waals surface area (Å²) in [7, 11) is 0.998. The van der Waals surface area contributed by atoms with Gasteiger partial charge in [0, 0.05) is 67.1 Å². The highest BCUT2D eigenvalue weighted by atomic mass is 32.2. The molecule has 0 aromatic rings. The number of nitrogens with zero attached hydrogens (tertiary/aromatic N) is 3. The standard InChI is InChI=1S/C16H32N4O2S/c1-16(2,3)23(21)12-6-18-15(17-4)20-7-5-14(13-20)19-8-10-22-11-9-19/h14H,5-13H2,1-4H3,(H,17,18). The Balaban J connectivity index is 1.77. The summed E-state index contributed by atoms with van der Waals surface area (Å²) < 4.78 is 17.4. The molecule has 6 nitrogen and oxygen atoms in total. The fourth-order valence-electron chi connectivity index (χ4n) is 3.07. The van der Waals surface area contributed by atoms with E-state index in [9.17, 15) is 4.21 Å². The van der Waals surface area contributed by atoms with Crippen molar-refractivity contribution in [1.82, 2.24) is 15.1 Å². The van der Waals surface area contributed by atoms with Crippen molar-refractivity contribution < 1.29 is 8.95 Å². The van der Waals surface area contributed by atoms with Crippen molar-refractivity contribution in [3.05, 3.63) is 0 Å². The molecule has 2 aliphatic heterocycles. The first-order valence-electron chi connectivity index (χ1n) is 8.57. The third-order valence-electron chi connectivity index (χ3n) is 4.49. The topological polar surface area (TPSA) is 57.2 Å². The molecule has 0 spiro atoms. The maximum absolute atomic E-state index is 12.1. The smallest absolute Gasteiger partial charge is 0.193 e. The highest BCUT2D eigenvalue weighted by Gasteiger charge is 2.30. The van der Waals surface area contributed by atoms with Gasteiger partial charge in [-0.05, 0) is 27.2 Å². The molecule has 2 rings (SSSR count). The molecular weight excluding hydrogens is 312 g/mol. The normalized spacial score (nSPS) is 25.7. The van der Waals surface area contributed by atoms with Crippen molar-refractivity contribution in [3.8, 4) is 0 Å². The number of morpholine rings is 1. The Labute approximate surface area is 143 Å². The molecular formula is C16H32N4O2S. The van der Waals surface area contributed by atoms with Gasteiger partial charge in [0.1, 0.15) is 0 Å². The predicted octanol–water partition coefficient (Wildman–Crippen LogP) is 0.516. The van der Waals surface area contributed by atoms with Gasteiger partial charge in [-0.1, -0.05) is 0 Å². The fraction of sp³-hybridized carbons (Fsp3) is 0.938. The average Bonchev–Trinajstić information content (AvgIpc) is 3.01. The summed E-state index contributed by atoms with van der Waals surface area (Å²) in [6, 6.07) is 0.598. The molecule has 0 aliphatic carbocycles. The van der Waals surface area contributed by atoms with Crippen LogP contribution in [0.3, 0.4) is 0 Å². The second-order valence-corrected chi connectivity index (χ2v) is 9.50. The quantitative estimate of drug-likeness (QED) is 0.595. The van der Waals surface area contributed by atoms with Gasteiger partial charge in [-0.15, -0.1) is 0 Å². The molecule has 2 heterocycles. The minimum atomic E-state index is -0.826. The molecule has 7 heteroatoms. The molecule has 2 fully saturated rings. The van der Waals surface area contributed by atoms with Gasteiger partial charge >= 0.3 is 0 Å². The van der Waals surface area contributed by atoms with Crippen molar-refractivity contribution in [1.29, 1.82) is 0 Å². The Morgan fingerprint density at radius 2 is 2.00 bits per heavy atom. The van der Waals surface area contributed by atoms with Crippen molar-refractivity contribution in [2.75, 3.05) is 58.7 Å². The van der Waals surface area contributed by atoms with E-state index in [1.165, 1.54) is 6.42 Å². The maximum atomic E-state index is 12.1. The summed E-state index contributed by atoms with van der Waals surface area (Å²) in [6.45, 7) is 12.6. The molecule has 2 unspecified atom stereocenters. The highest BCUT2D eigenvalue weighted by Crippen LogP contribution is 2.17. The lowest BCUT2D eigenvalue weighted by Crippen LogP contribution is -2.47. The first-order valence-corrected chi connectivity index (χ1v) is 9.89. The molecule has 0 radical (unpaired) electrons. The molecule has 0 saturated carbocycles. The van der Waals surface area contributed by atoms with E-state index in [4.69, 9.17) is 4.74 Å². The summed E-state index contributed by atoms with van der Waals surface area (Å²) >= 11 is 0. The van der Waals surface area contributed by atoms with E-state index in [1.807, 2.05) is 27.8 Å². The summed E-state index contributed by atoms with van der Waals surface area (Å²) in [5.41, 5.74) is 0. The third kappa shape index (κ3) is 5.43. The molecule has 134 valence electrons. The van der Waals surface area contributed by atoms with Gasteiger partial charge < -0.3 is 15.0 Å². The van der Waals surface area contributed by atoms with Gasteiger partial charge in [0.05, 0.1) is 13.2 Å². The monoisotopic (exact) mass is 344 g/mol. The van der Waals surface area contributed by atoms with Crippen LogP contribution in [0, 0.1) is 0 Å². The zero-order valence-electron chi connectivity index (χ0n) is 15.0. The summed E-state index contributed by atoms with van der Waals surface area (Å²) in [6.07, 6.45) is 1.18. The lowest BCUT2D eigenvalue weighted by molar-refractivity contribution is 0.0195. The van der Waals surface area contributed by atoms with Crippen LogP contribution in [0.5, 0.6) is 0 Å². The molecule has 0 amide bonds. The number of ether oxygens (including phenoxy) is 1. The Bertz CT molecular complexity index is 430. The predicted molar refractivity (Wildman–Crippen MR) is 96.5 cm³/mol. The molecule has 0 aromatic heterocycles. The van der Waals surface area contributed by atoms with E-state index >= 15 is 0 Å². The Morgan fingerprint density at radius 3 is 2.61 bits per heavy atom. The highest BCUT2D eigenvalue weighted by molar-refractivity contribution is 7.86. The number of aliphatic imine (C=N–C) groups is 1. The number of likely N-dealkylation sites (tertiary alicyclic amines) is 1. The Morgan fingerprint density at radius 1 is 1.30 bits per heavy atom. The number of hydrogen-bond donors (Lipinski definition) is 1. The fourth-order valence-corrected chi connectivity index (χ4v) is 3.97. The van der Waals surface area contributed by atoms with E-state index in [-0.39, 0.29) is 4.75 Å². The number of rotatable bonds is 4. The van der Waals surface area contributed by atoms with Crippen molar-refractivity contribution in [2.24, 2.45) is 4.99 Å². The molecule has 0 aromatic carbocycles. The zero-order valence-corrected chi connectivity index (χ0v) is 15.8. The average molecular weight is 345 g/mol. The summed E-state index contributed by atoms with van der Waals surface area (Å²) in [5.74, 6) is 1.59. The molecule has 2 saturated heterocycles. The van der Waals surface area contributed by atoms with Crippen LogP contribution in [0.2, 0.25) is 0 Å². The largest absolute Gasteiger partial charge is 0.379 e. The number of guanidine groups is 1. The lowest BCUT2D eigenvalue weighted by atomic mass is 10.2. The van der Waals surface area contributed by atoms with Crippen molar-refractivity contribution in [3.63, 3.8) is 0 Å². The first kappa shape index (κ1) is 18.7. The molecule has 2 atom stereocenters. The maximum Gasteiger partial charge on any atom is 0.193 e. The van der Waals surface area contributed by atoms with Crippen LogP contribution >= 0.6 is 0 Å². The summed E-state index contributed by atoms with van der Waals surface area (Å²) in [5, 5.41) is 3.38. The Hall–Kier alpha value is -0.660. The van der Waals surface area contributed by atoms with Gasteiger partial charge in [0.2, 0.25) is 0 Å². The number of hydrogen-bond acceptors (Lipinski definition) is 4. The molecule has 23 heavy (non-hydrogen) atoms. The second kappa shape index (κ2) is 8.44. The van der Waals surface area contributed by atoms with Crippen LogP contribution < -0.4 is 5.32 Å². The zero-order chi connectivity index (χ0) is 16.9.